The maximum absolute atomic E-state index is 13.4. The molecule has 0 spiro atoms. The summed E-state index contributed by atoms with van der Waals surface area (Å²) in [6.45, 7) is 4.75. The molecule has 1 aliphatic heterocycles. The van der Waals surface area contributed by atoms with Crippen LogP contribution in [0.2, 0.25) is 0 Å². The number of ether oxygens (including phenoxy) is 4. The predicted molar refractivity (Wildman–Crippen MR) is 163 cm³/mol. The van der Waals surface area contributed by atoms with E-state index in [1.54, 1.807) is 13.8 Å². The first-order valence-electron chi connectivity index (χ1n) is 14.1. The predicted octanol–water partition coefficient (Wildman–Crippen LogP) is 3.63. The fourth-order valence-corrected chi connectivity index (χ4v) is 5.47. The molecule has 0 saturated carbocycles. The highest BCUT2D eigenvalue weighted by Gasteiger charge is 2.53. The Bertz CT molecular complexity index is 1920. The molecule has 0 radical (unpaired) electrons. The Morgan fingerprint density at radius 2 is 1.72 bits per heavy atom. The molecule has 15 heteroatoms. The largest absolute Gasteiger partial charge is 0.507 e. The number of nitrogens with two attached hydrogens (primary N) is 1. The Hall–Kier alpha value is -5.38. The minimum atomic E-state index is -1.56. The molecule has 47 heavy (non-hydrogen) atoms. The van der Waals surface area contributed by atoms with Crippen molar-refractivity contribution in [1.82, 2.24) is 0 Å². The average Bonchev–Trinajstić information content (AvgIpc) is 2.99. The number of nitrogens with one attached hydrogen (secondary N) is 1. The van der Waals surface area contributed by atoms with Crippen LogP contribution in [0, 0.1) is 12.7 Å². The van der Waals surface area contributed by atoms with Gasteiger partial charge in [0.2, 0.25) is 6.29 Å². The summed E-state index contributed by atoms with van der Waals surface area (Å²) in [6, 6.07) is 9.78. The number of rotatable bonds is 7. The molecule has 0 aliphatic carbocycles. The van der Waals surface area contributed by atoms with Crippen LogP contribution in [-0.2, 0) is 14.2 Å². The normalized spacial score (nSPS) is 20.5. The Morgan fingerprint density at radius 3 is 2.36 bits per heavy atom. The number of carbonyl (C=O) groups is 2. The number of amides is 2. The molecular formula is C32H31FN2O12. The summed E-state index contributed by atoms with van der Waals surface area (Å²) in [4.78, 5) is 37.7. The molecule has 4 aromatic rings. The van der Waals surface area contributed by atoms with Crippen LogP contribution in [0.15, 0.2) is 57.7 Å². The van der Waals surface area contributed by atoms with Gasteiger partial charge in [0.15, 0.2) is 23.6 Å². The van der Waals surface area contributed by atoms with Gasteiger partial charge in [-0.3, -0.25) is 4.79 Å². The van der Waals surface area contributed by atoms with Gasteiger partial charge in [0.25, 0.3) is 5.91 Å². The van der Waals surface area contributed by atoms with Gasteiger partial charge < -0.3 is 54.8 Å². The minimum Gasteiger partial charge on any atom is -0.507 e. The molecule has 2 heterocycles. The second-order valence-corrected chi connectivity index (χ2v) is 11.3. The highest BCUT2D eigenvalue weighted by atomic mass is 19.1. The molecular weight excluding hydrogens is 623 g/mol. The molecule has 2 amide bonds. The summed E-state index contributed by atoms with van der Waals surface area (Å²) in [5.41, 5.74) is 2.39. The summed E-state index contributed by atoms with van der Waals surface area (Å²) in [5.74, 6) is -3.18. The van der Waals surface area contributed by atoms with Crippen molar-refractivity contribution in [2.75, 3.05) is 12.4 Å². The van der Waals surface area contributed by atoms with E-state index in [0.717, 1.165) is 24.3 Å². The second kappa shape index (κ2) is 12.4. The van der Waals surface area contributed by atoms with Crippen LogP contribution in [0.25, 0.3) is 22.1 Å². The Kier molecular flexibility index (Phi) is 8.73. The number of fused-ring (bicyclic) bond motifs is 1. The van der Waals surface area contributed by atoms with Crippen LogP contribution in [0.3, 0.4) is 0 Å². The van der Waals surface area contributed by atoms with Gasteiger partial charge in [-0.25, -0.2) is 14.0 Å². The molecule has 7 N–H and O–H groups in total. The third kappa shape index (κ3) is 6.23. The van der Waals surface area contributed by atoms with E-state index in [-0.39, 0.29) is 33.4 Å². The van der Waals surface area contributed by atoms with Crippen molar-refractivity contribution >= 4 is 28.7 Å². The van der Waals surface area contributed by atoms with Gasteiger partial charge in [-0.2, -0.15) is 0 Å². The molecule has 1 saturated heterocycles. The molecule has 0 bridgehead atoms. The van der Waals surface area contributed by atoms with E-state index in [2.05, 4.69) is 5.32 Å². The number of hydrogen-bond acceptors (Lipinski definition) is 12. The number of phenols is 2. The third-order valence-electron chi connectivity index (χ3n) is 7.77. The Labute approximate surface area is 265 Å². The van der Waals surface area contributed by atoms with Crippen molar-refractivity contribution in [2.45, 2.75) is 51.0 Å². The third-order valence-corrected chi connectivity index (χ3v) is 7.77. The molecule has 5 rings (SSSR count). The number of anilines is 1. The van der Waals surface area contributed by atoms with E-state index >= 15 is 0 Å². The molecule has 248 valence electrons. The first kappa shape index (κ1) is 33.0. The standard InChI is InChI=1S/C32H31FN2O12/c1-13-21(44-30-24(39)26(46-31(34)42)27(43-4)32(2,3)47-30)10-9-16-23(38)22(29(41)45-25(13)16)35-28(40)18-11-17(19(36)12-20(18)37)14-5-7-15(33)8-6-14/h5-12,24,26-27,30,36-39H,1-4H3,(H2,34,42)(H,35,40)/t24-,26+,27-,30-/m1/s1. The quantitative estimate of drug-likeness (QED) is 0.157. The van der Waals surface area contributed by atoms with E-state index < -0.39 is 76.6 Å². The molecule has 1 aromatic heterocycles. The van der Waals surface area contributed by atoms with Crippen molar-refractivity contribution in [3.63, 3.8) is 0 Å². The maximum Gasteiger partial charge on any atom is 0.404 e. The Balaban J connectivity index is 1.45. The van der Waals surface area contributed by atoms with Gasteiger partial charge >= 0.3 is 11.7 Å². The van der Waals surface area contributed by atoms with Gasteiger partial charge in [0.1, 0.15) is 34.8 Å². The van der Waals surface area contributed by atoms with Crippen LogP contribution in [0.1, 0.15) is 29.8 Å². The van der Waals surface area contributed by atoms with Gasteiger partial charge in [0, 0.05) is 24.3 Å². The number of carbonyl (C=O) groups excluding carboxylic acids is 2. The zero-order valence-corrected chi connectivity index (χ0v) is 25.4. The summed E-state index contributed by atoms with van der Waals surface area (Å²) in [7, 11) is 1.35. The smallest absolute Gasteiger partial charge is 0.404 e. The summed E-state index contributed by atoms with van der Waals surface area (Å²) in [5, 5.41) is 44.9. The number of aliphatic hydroxyl groups excluding tert-OH is 1. The van der Waals surface area contributed by atoms with Crippen molar-refractivity contribution in [3.05, 3.63) is 75.9 Å². The van der Waals surface area contributed by atoms with E-state index in [0.29, 0.717) is 5.56 Å². The summed E-state index contributed by atoms with van der Waals surface area (Å²) >= 11 is 0. The van der Waals surface area contributed by atoms with Crippen LogP contribution >= 0.6 is 0 Å². The molecule has 4 atom stereocenters. The van der Waals surface area contributed by atoms with E-state index in [1.807, 2.05) is 0 Å². The molecule has 3 aromatic carbocycles. The monoisotopic (exact) mass is 654 g/mol. The molecule has 0 unspecified atom stereocenters. The number of aryl methyl sites for hydroxylation is 1. The number of primary amides is 1. The van der Waals surface area contributed by atoms with Crippen molar-refractivity contribution < 1.29 is 57.8 Å². The zero-order valence-electron chi connectivity index (χ0n) is 25.4. The minimum absolute atomic E-state index is 0.00787. The van der Waals surface area contributed by atoms with Gasteiger partial charge in [-0.1, -0.05) is 12.1 Å². The molecule has 1 aliphatic rings. The van der Waals surface area contributed by atoms with Crippen molar-refractivity contribution in [2.24, 2.45) is 5.73 Å². The summed E-state index contributed by atoms with van der Waals surface area (Å²) < 4.78 is 41.2. The zero-order chi connectivity index (χ0) is 34.4. The van der Waals surface area contributed by atoms with E-state index in [4.69, 9.17) is 29.1 Å². The Morgan fingerprint density at radius 1 is 1.04 bits per heavy atom. The summed E-state index contributed by atoms with van der Waals surface area (Å²) in [6.07, 6.45) is -6.30. The topological polar surface area (TPSA) is 220 Å². The number of benzene rings is 3. The first-order chi connectivity index (χ1) is 22.1. The number of aromatic hydroxyl groups is 3. The van der Waals surface area contributed by atoms with Crippen molar-refractivity contribution in [3.8, 4) is 34.1 Å². The van der Waals surface area contributed by atoms with Crippen LogP contribution in [0.4, 0.5) is 14.9 Å². The number of methoxy groups -OCH3 is 1. The average molecular weight is 655 g/mol. The highest BCUT2D eigenvalue weighted by Crippen LogP contribution is 2.40. The fraction of sp³-hybridized carbons (Fsp3) is 0.281. The van der Waals surface area contributed by atoms with Crippen LogP contribution in [-0.4, -0.2) is 69.7 Å². The lowest BCUT2D eigenvalue weighted by Gasteiger charge is -2.47. The molecule has 14 nitrogen and oxygen atoms in total. The lowest BCUT2D eigenvalue weighted by Crippen LogP contribution is -2.65. The lowest BCUT2D eigenvalue weighted by atomic mass is 9.89. The van der Waals surface area contributed by atoms with Crippen LogP contribution < -0.4 is 21.4 Å². The second-order valence-electron chi connectivity index (χ2n) is 11.3. The van der Waals surface area contributed by atoms with Gasteiger partial charge in [-0.05, 0) is 56.7 Å². The van der Waals surface area contributed by atoms with E-state index in [9.17, 15) is 39.2 Å². The van der Waals surface area contributed by atoms with Crippen molar-refractivity contribution in [1.29, 1.82) is 0 Å². The van der Waals surface area contributed by atoms with E-state index in [1.165, 1.54) is 38.3 Å². The number of hydrogen-bond donors (Lipinski definition) is 6. The number of phenolic OH excluding ortho intramolecular Hbond substituents is 2. The van der Waals surface area contributed by atoms with Crippen LogP contribution in [0.5, 0.6) is 23.0 Å². The first-order valence-corrected chi connectivity index (χ1v) is 14.1. The van der Waals surface area contributed by atoms with Gasteiger partial charge in [0.05, 0.1) is 16.6 Å². The van der Waals surface area contributed by atoms with Gasteiger partial charge in [-0.15, -0.1) is 0 Å². The fourth-order valence-electron chi connectivity index (χ4n) is 5.47. The highest BCUT2D eigenvalue weighted by molar-refractivity contribution is 6.09. The number of halogens is 1. The SMILES string of the molecule is CO[C@@H]1[C@@H](OC(N)=O)[C@@H](O)[C@H](Oc2ccc3c(O)c(NC(=O)c4cc(-c5ccc(F)cc5)c(O)cc4O)c(=O)oc3c2C)OC1(C)C. The number of aliphatic hydroxyl groups is 1. The lowest BCUT2D eigenvalue weighted by molar-refractivity contribution is -0.304. The molecule has 1 fully saturated rings. The maximum atomic E-state index is 13.4.